The van der Waals surface area contributed by atoms with Gasteiger partial charge < -0.3 is 29.8 Å². The summed E-state index contributed by atoms with van der Waals surface area (Å²) >= 11 is 0. The summed E-state index contributed by atoms with van der Waals surface area (Å²) in [6.45, 7) is 11.5. The average Bonchev–Trinajstić information content (AvgIpc) is 4.06. The summed E-state index contributed by atoms with van der Waals surface area (Å²) in [6, 6.07) is 12.5. The molecule has 3 amide bonds. The number of carbonyl (C=O) groups is 3. The van der Waals surface area contributed by atoms with E-state index in [2.05, 4.69) is 65.5 Å². The van der Waals surface area contributed by atoms with Crippen LogP contribution >= 0.6 is 0 Å². The van der Waals surface area contributed by atoms with E-state index in [1.54, 1.807) is 0 Å². The molecule has 2 aliphatic carbocycles. The fourth-order valence-corrected chi connectivity index (χ4v) is 10.1. The lowest BCUT2D eigenvalue weighted by Gasteiger charge is -2.30. The molecule has 4 aromatic rings. The van der Waals surface area contributed by atoms with E-state index in [9.17, 15) is 14.4 Å². The summed E-state index contributed by atoms with van der Waals surface area (Å²) in [5, 5.41) is 2.75. The van der Waals surface area contributed by atoms with E-state index in [1.165, 1.54) is 60.6 Å². The van der Waals surface area contributed by atoms with Crippen molar-refractivity contribution in [3.05, 3.63) is 71.6 Å². The summed E-state index contributed by atoms with van der Waals surface area (Å²) in [6.07, 6.45) is 14.1. The number of rotatable bonds is 10. The van der Waals surface area contributed by atoms with E-state index in [1.807, 2.05) is 43.0 Å². The number of H-pyrrole nitrogens is 2. The number of imidazole rings is 2. The molecule has 3 fully saturated rings. The molecule has 0 radical (unpaired) electrons. The highest BCUT2D eigenvalue weighted by Crippen LogP contribution is 2.53. The third-order valence-electron chi connectivity index (χ3n) is 13.7. The van der Waals surface area contributed by atoms with Gasteiger partial charge in [0.25, 0.3) is 0 Å². The van der Waals surface area contributed by atoms with E-state index >= 15 is 0 Å². The minimum absolute atomic E-state index is 0.00570. The van der Waals surface area contributed by atoms with Gasteiger partial charge in [0, 0.05) is 24.6 Å². The summed E-state index contributed by atoms with van der Waals surface area (Å²) in [5.41, 5.74) is 9.88. The van der Waals surface area contributed by atoms with Crippen molar-refractivity contribution in [1.82, 2.24) is 35.1 Å². The van der Waals surface area contributed by atoms with Crippen LogP contribution in [0, 0.1) is 23.2 Å². The smallest absolute Gasteiger partial charge is 0.407 e. The van der Waals surface area contributed by atoms with Gasteiger partial charge in [-0.25, -0.2) is 14.8 Å². The Morgan fingerprint density at radius 2 is 1.26 bits per heavy atom. The Bertz CT molecular complexity index is 2110. The largest absolute Gasteiger partial charge is 0.453 e. The summed E-state index contributed by atoms with van der Waals surface area (Å²) in [5.74, 6) is 1.98. The Balaban J connectivity index is 1.04. The molecule has 8 rings (SSSR count). The van der Waals surface area contributed by atoms with Crippen LogP contribution in [0.1, 0.15) is 121 Å². The van der Waals surface area contributed by atoms with Gasteiger partial charge in [-0.05, 0) is 96.4 Å². The molecule has 11 heteroatoms. The van der Waals surface area contributed by atoms with Gasteiger partial charge in [0.15, 0.2) is 0 Å². The Hall–Kier alpha value is -4.93. The van der Waals surface area contributed by atoms with Gasteiger partial charge in [0.05, 0.1) is 43.0 Å². The van der Waals surface area contributed by atoms with Crippen LogP contribution in [0.5, 0.6) is 0 Å². The first kappa shape index (κ1) is 38.9. The molecule has 2 aliphatic heterocycles. The van der Waals surface area contributed by atoms with Crippen molar-refractivity contribution >= 4 is 17.9 Å². The summed E-state index contributed by atoms with van der Waals surface area (Å²) in [7, 11) is 1.32. The molecule has 1 saturated carbocycles. The van der Waals surface area contributed by atoms with Crippen LogP contribution in [-0.4, -0.2) is 73.9 Å². The van der Waals surface area contributed by atoms with E-state index in [0.29, 0.717) is 17.9 Å². The zero-order valence-electron chi connectivity index (χ0n) is 34.5. The standard InChI is InChI=1S/C46H59N7O4/c1-27(2)29(5)43(54)52-21-9-11-38(52)41-47-25-36(49-41)31-15-13-30(14-16-31)32-17-18-33(35-24-46(23-34(32)35)19-7-8-20-46)37-26-48-42(50-37)39-12-10-22-53(39)44(55)40(28(3)4)51-45(56)57-6/h13-18,25-29,38-40H,7-12,19-24H2,1-6H3,(H,47,49)(H,48,50)(H,51,56)/t29-,38-,39?,40-/m0/s1. The molecule has 1 unspecified atom stereocenters. The number of aromatic amines is 2. The maximum atomic E-state index is 13.8. The molecular weight excluding hydrogens is 715 g/mol. The quantitative estimate of drug-likeness (QED) is 0.147. The average molecular weight is 774 g/mol. The monoisotopic (exact) mass is 773 g/mol. The van der Waals surface area contributed by atoms with Crippen molar-refractivity contribution in [1.29, 1.82) is 0 Å². The molecular formula is C46H59N7O4. The van der Waals surface area contributed by atoms with Crippen LogP contribution in [-0.2, 0) is 27.2 Å². The van der Waals surface area contributed by atoms with Crippen LogP contribution in [0.2, 0.25) is 0 Å². The fraction of sp³-hybridized carbons (Fsp3) is 0.543. The van der Waals surface area contributed by atoms with Gasteiger partial charge in [0.1, 0.15) is 17.7 Å². The topological polar surface area (TPSA) is 136 Å². The fourth-order valence-electron chi connectivity index (χ4n) is 10.1. The first-order chi connectivity index (χ1) is 27.5. The number of amides is 3. The van der Waals surface area contributed by atoms with Gasteiger partial charge in [-0.3, -0.25) is 9.59 Å². The van der Waals surface area contributed by atoms with Crippen LogP contribution in [0.25, 0.3) is 33.6 Å². The Morgan fingerprint density at radius 1 is 0.719 bits per heavy atom. The minimum Gasteiger partial charge on any atom is -0.453 e. The number of alkyl carbamates (subject to hydrolysis) is 1. The lowest BCUT2D eigenvalue weighted by Crippen LogP contribution is -2.51. The van der Waals surface area contributed by atoms with Crippen molar-refractivity contribution in [2.75, 3.05) is 20.2 Å². The Morgan fingerprint density at radius 3 is 1.86 bits per heavy atom. The molecule has 0 bridgehead atoms. The number of benzene rings is 2. The van der Waals surface area contributed by atoms with Gasteiger partial charge in [-0.15, -0.1) is 0 Å². The van der Waals surface area contributed by atoms with Crippen molar-refractivity contribution in [2.24, 2.45) is 23.2 Å². The predicted octanol–water partition coefficient (Wildman–Crippen LogP) is 8.79. The number of methoxy groups -OCH3 is 1. The van der Waals surface area contributed by atoms with Crippen LogP contribution < -0.4 is 5.32 Å². The number of ether oxygens (including phenoxy) is 1. The lowest BCUT2D eigenvalue weighted by molar-refractivity contribution is -0.137. The van der Waals surface area contributed by atoms with E-state index < -0.39 is 12.1 Å². The highest BCUT2D eigenvalue weighted by molar-refractivity contribution is 5.86. The molecule has 11 nitrogen and oxygen atoms in total. The molecule has 4 atom stereocenters. The van der Waals surface area contributed by atoms with Gasteiger partial charge in [-0.1, -0.05) is 83.9 Å². The molecule has 2 saturated heterocycles. The number of nitrogens with zero attached hydrogens (tertiary/aromatic N) is 4. The zero-order valence-corrected chi connectivity index (χ0v) is 34.5. The zero-order chi connectivity index (χ0) is 40.0. The minimum atomic E-state index is -0.671. The van der Waals surface area contributed by atoms with E-state index in [0.717, 1.165) is 73.7 Å². The number of carbonyl (C=O) groups excluding carboxylic acids is 3. The molecule has 3 N–H and O–H groups in total. The second-order valence-electron chi connectivity index (χ2n) is 17.9. The maximum Gasteiger partial charge on any atom is 0.407 e. The highest BCUT2D eigenvalue weighted by atomic mass is 16.5. The molecule has 57 heavy (non-hydrogen) atoms. The first-order valence-electron chi connectivity index (χ1n) is 21.3. The van der Waals surface area contributed by atoms with Gasteiger partial charge in [0.2, 0.25) is 11.8 Å². The van der Waals surface area contributed by atoms with Gasteiger partial charge >= 0.3 is 6.09 Å². The number of hydrogen-bond donors (Lipinski definition) is 3. The number of likely N-dealkylation sites (tertiary alicyclic amines) is 2. The number of hydrogen-bond acceptors (Lipinski definition) is 6. The number of nitrogens with one attached hydrogen (secondary N) is 3. The predicted molar refractivity (Wildman–Crippen MR) is 221 cm³/mol. The first-order valence-corrected chi connectivity index (χ1v) is 21.3. The number of aromatic nitrogens is 4. The van der Waals surface area contributed by atoms with Crippen LogP contribution in [0.3, 0.4) is 0 Å². The highest BCUT2D eigenvalue weighted by Gasteiger charge is 2.43. The van der Waals surface area contributed by atoms with Crippen molar-refractivity contribution < 1.29 is 19.1 Å². The second kappa shape index (κ2) is 15.8. The Labute approximate surface area is 336 Å². The van der Waals surface area contributed by atoms with Crippen molar-refractivity contribution in [3.63, 3.8) is 0 Å². The third kappa shape index (κ3) is 7.38. The SMILES string of the molecule is COC(=O)N[C@H](C(=O)N1CCCC1c1ncc(-c2ccc(-c3ccc(-c4cnc([C@@H]5CCCN5C(=O)[C@@H](C)C(C)C)[nH]4)cc3)c3c2CC2(CCCC2)C3)[nH]1)C(C)C. The number of fused-ring (bicyclic) bond motifs is 1. The third-order valence-corrected chi connectivity index (χ3v) is 13.7. The maximum absolute atomic E-state index is 13.8. The van der Waals surface area contributed by atoms with Crippen molar-refractivity contribution in [3.8, 4) is 33.6 Å². The summed E-state index contributed by atoms with van der Waals surface area (Å²) in [4.78, 5) is 60.0. The normalized spacial score (nSPS) is 21.1. The van der Waals surface area contributed by atoms with Crippen molar-refractivity contribution in [2.45, 2.75) is 117 Å². The lowest BCUT2D eigenvalue weighted by atomic mass is 9.82. The molecule has 2 aromatic heterocycles. The van der Waals surface area contributed by atoms with Gasteiger partial charge in [-0.2, -0.15) is 0 Å². The van der Waals surface area contributed by atoms with E-state index in [-0.39, 0.29) is 35.7 Å². The molecule has 2 aromatic carbocycles. The van der Waals surface area contributed by atoms with E-state index in [4.69, 9.17) is 14.7 Å². The molecule has 4 aliphatic rings. The summed E-state index contributed by atoms with van der Waals surface area (Å²) < 4.78 is 4.82. The molecule has 1 spiro atoms. The second-order valence-corrected chi connectivity index (χ2v) is 17.9. The molecule has 4 heterocycles. The Kier molecular flexibility index (Phi) is 10.8. The molecule has 302 valence electrons. The van der Waals surface area contributed by atoms with Crippen LogP contribution in [0.4, 0.5) is 4.79 Å². The van der Waals surface area contributed by atoms with Crippen LogP contribution in [0.15, 0.2) is 48.8 Å².